The Morgan fingerprint density at radius 1 is 1.26 bits per heavy atom. The van der Waals surface area contributed by atoms with Gasteiger partial charge in [0, 0.05) is 26.2 Å². The summed E-state index contributed by atoms with van der Waals surface area (Å²) >= 11 is 6.07. The Hall–Kier alpha value is -1.68. The average molecular weight is 473 g/mol. The molecule has 1 amide bonds. The molecule has 0 radical (unpaired) electrons. The van der Waals surface area contributed by atoms with E-state index in [0.717, 1.165) is 25.3 Å². The van der Waals surface area contributed by atoms with Gasteiger partial charge in [0.1, 0.15) is 4.90 Å². The maximum atomic E-state index is 12.7. The van der Waals surface area contributed by atoms with E-state index in [4.69, 9.17) is 21.1 Å². The third-order valence-electron chi connectivity index (χ3n) is 5.53. The van der Waals surface area contributed by atoms with Gasteiger partial charge >= 0.3 is 5.97 Å². The van der Waals surface area contributed by atoms with E-state index in [-0.39, 0.29) is 40.6 Å². The van der Waals surface area contributed by atoms with E-state index in [1.807, 2.05) is 0 Å². The zero-order valence-corrected chi connectivity index (χ0v) is 19.4. The van der Waals surface area contributed by atoms with Crippen molar-refractivity contribution in [2.24, 2.45) is 11.8 Å². The molecule has 1 N–H and O–H groups in total. The van der Waals surface area contributed by atoms with E-state index in [2.05, 4.69) is 18.6 Å². The summed E-state index contributed by atoms with van der Waals surface area (Å²) in [5.41, 5.74) is 0.00933. The summed E-state index contributed by atoms with van der Waals surface area (Å²) in [5, 5.41) is -0.0104. The molecule has 2 fully saturated rings. The number of ether oxygens (including phenoxy) is 2. The maximum absolute atomic E-state index is 12.7. The number of carbonyl (C=O) groups is 2. The highest BCUT2D eigenvalue weighted by atomic mass is 35.5. The van der Waals surface area contributed by atoms with Crippen molar-refractivity contribution < 1.29 is 27.5 Å². The van der Waals surface area contributed by atoms with Gasteiger partial charge in [0.15, 0.2) is 6.61 Å². The molecule has 0 aromatic heterocycles. The number of sulfonamides is 1. The number of benzene rings is 1. The fraction of sp³-hybridized carbons (Fsp3) is 0.619. The number of nitrogens with one attached hydrogen (secondary N) is 1. The molecule has 0 saturated carbocycles. The zero-order chi connectivity index (χ0) is 22.6. The second-order valence-electron chi connectivity index (χ2n) is 8.45. The van der Waals surface area contributed by atoms with Gasteiger partial charge in [0.05, 0.1) is 16.7 Å². The third kappa shape index (κ3) is 6.41. The summed E-state index contributed by atoms with van der Waals surface area (Å²) in [5.74, 6) is -0.241. The molecule has 31 heavy (non-hydrogen) atoms. The van der Waals surface area contributed by atoms with Crippen molar-refractivity contribution in [2.45, 2.75) is 44.1 Å². The Balaban J connectivity index is 1.61. The lowest BCUT2D eigenvalue weighted by Gasteiger charge is -2.34. The maximum Gasteiger partial charge on any atom is 0.338 e. The number of likely N-dealkylation sites (tertiary alicyclic amines) is 1. The van der Waals surface area contributed by atoms with Crippen LogP contribution in [0.15, 0.2) is 23.1 Å². The van der Waals surface area contributed by atoms with Crippen LogP contribution in [0.3, 0.4) is 0 Å². The third-order valence-corrected chi connectivity index (χ3v) is 7.43. The van der Waals surface area contributed by atoms with Gasteiger partial charge in [-0.2, -0.15) is 0 Å². The Bertz CT molecular complexity index is 906. The van der Waals surface area contributed by atoms with E-state index in [0.29, 0.717) is 31.5 Å². The topological polar surface area (TPSA) is 102 Å². The Kier molecular flexibility index (Phi) is 7.96. The van der Waals surface area contributed by atoms with Gasteiger partial charge in [-0.15, -0.1) is 0 Å². The molecule has 1 aromatic rings. The summed E-state index contributed by atoms with van der Waals surface area (Å²) in [6, 6.07) is 3.87. The molecule has 3 atom stereocenters. The standard InChI is InChI=1S/C21H29ClN2O6S/c1-14-8-15(2)12-24(11-14)20(25)13-30-21(26)16-5-6-18(22)19(9-16)31(27,28)23-10-17-4-3-7-29-17/h5-6,9,14-15,17,23H,3-4,7-8,10-13H2,1-2H3. The molecule has 2 saturated heterocycles. The first-order valence-corrected chi connectivity index (χ1v) is 12.4. The first-order valence-electron chi connectivity index (χ1n) is 10.5. The molecular formula is C21H29ClN2O6S. The summed E-state index contributed by atoms with van der Waals surface area (Å²) in [7, 11) is -3.94. The van der Waals surface area contributed by atoms with Crippen molar-refractivity contribution in [3.8, 4) is 0 Å². The first-order chi connectivity index (χ1) is 14.7. The number of esters is 1. The van der Waals surface area contributed by atoms with Crippen LogP contribution in [0.1, 0.15) is 43.5 Å². The molecule has 10 heteroatoms. The molecule has 2 aliphatic rings. The van der Waals surface area contributed by atoms with Crippen LogP contribution >= 0.6 is 11.6 Å². The van der Waals surface area contributed by atoms with Gasteiger partial charge in [-0.1, -0.05) is 25.4 Å². The minimum absolute atomic E-state index is 0.00933. The second kappa shape index (κ2) is 10.3. The van der Waals surface area contributed by atoms with Crippen molar-refractivity contribution in [3.05, 3.63) is 28.8 Å². The quantitative estimate of drug-likeness (QED) is 0.611. The molecule has 1 aromatic carbocycles. The SMILES string of the molecule is CC1CC(C)CN(C(=O)COC(=O)c2ccc(Cl)c(S(=O)(=O)NCC3CCCO3)c2)C1. The van der Waals surface area contributed by atoms with Gasteiger partial charge in [0.25, 0.3) is 5.91 Å². The fourth-order valence-corrected chi connectivity index (χ4v) is 5.68. The molecule has 2 heterocycles. The Morgan fingerprint density at radius 2 is 1.97 bits per heavy atom. The molecule has 8 nitrogen and oxygen atoms in total. The summed E-state index contributed by atoms with van der Waals surface area (Å²) in [6.07, 6.45) is 2.56. The summed E-state index contributed by atoms with van der Waals surface area (Å²) in [6.45, 7) is 5.81. The molecule has 0 aliphatic carbocycles. The number of rotatable bonds is 7. The van der Waals surface area contributed by atoms with E-state index in [1.165, 1.54) is 12.1 Å². The van der Waals surface area contributed by atoms with Crippen LogP contribution in [-0.2, 0) is 24.3 Å². The van der Waals surface area contributed by atoms with Crippen molar-refractivity contribution in [2.75, 3.05) is 32.8 Å². The summed E-state index contributed by atoms with van der Waals surface area (Å²) < 4.78 is 38.4. The zero-order valence-electron chi connectivity index (χ0n) is 17.8. The minimum Gasteiger partial charge on any atom is -0.452 e. The van der Waals surface area contributed by atoms with E-state index >= 15 is 0 Å². The van der Waals surface area contributed by atoms with Crippen LogP contribution in [0, 0.1) is 11.8 Å². The van der Waals surface area contributed by atoms with Crippen LogP contribution < -0.4 is 4.72 Å². The highest BCUT2D eigenvalue weighted by Gasteiger charge is 2.27. The lowest BCUT2D eigenvalue weighted by molar-refractivity contribution is -0.137. The van der Waals surface area contributed by atoms with E-state index in [9.17, 15) is 18.0 Å². The van der Waals surface area contributed by atoms with E-state index < -0.39 is 16.0 Å². The number of carbonyl (C=O) groups excluding carboxylic acids is 2. The van der Waals surface area contributed by atoms with Crippen LogP contribution in [0.5, 0.6) is 0 Å². The predicted octanol–water partition coefficient (Wildman–Crippen LogP) is 2.46. The van der Waals surface area contributed by atoms with Gasteiger partial charge in [-0.25, -0.2) is 17.9 Å². The number of piperidine rings is 1. The molecular weight excluding hydrogens is 444 g/mol. The number of halogens is 1. The Morgan fingerprint density at radius 3 is 2.61 bits per heavy atom. The molecule has 2 aliphatic heterocycles. The predicted molar refractivity (Wildman–Crippen MR) is 115 cm³/mol. The average Bonchev–Trinajstić information content (AvgIpc) is 3.23. The van der Waals surface area contributed by atoms with Crippen LogP contribution in [0.2, 0.25) is 5.02 Å². The number of nitrogens with zero attached hydrogens (tertiary/aromatic N) is 1. The highest BCUT2D eigenvalue weighted by Crippen LogP contribution is 2.24. The van der Waals surface area contributed by atoms with Crippen molar-refractivity contribution in [1.29, 1.82) is 0 Å². The smallest absolute Gasteiger partial charge is 0.338 e. The number of amides is 1. The molecule has 3 unspecified atom stereocenters. The van der Waals surface area contributed by atoms with Gasteiger partial charge in [-0.3, -0.25) is 4.79 Å². The molecule has 172 valence electrons. The monoisotopic (exact) mass is 472 g/mol. The largest absolute Gasteiger partial charge is 0.452 e. The van der Waals surface area contributed by atoms with Crippen molar-refractivity contribution in [3.63, 3.8) is 0 Å². The molecule has 0 spiro atoms. The Labute approximate surface area is 188 Å². The normalized spacial score (nSPS) is 24.2. The van der Waals surface area contributed by atoms with Crippen LogP contribution in [0.25, 0.3) is 0 Å². The number of hydrogen-bond donors (Lipinski definition) is 1. The fourth-order valence-electron chi connectivity index (χ4n) is 4.09. The molecule has 3 rings (SSSR count). The van der Waals surface area contributed by atoms with Crippen molar-refractivity contribution >= 4 is 33.5 Å². The van der Waals surface area contributed by atoms with Gasteiger partial charge in [0.2, 0.25) is 10.0 Å². The number of hydrogen-bond acceptors (Lipinski definition) is 6. The molecule has 0 bridgehead atoms. The van der Waals surface area contributed by atoms with Crippen LogP contribution in [-0.4, -0.2) is 64.1 Å². The van der Waals surface area contributed by atoms with Gasteiger partial charge < -0.3 is 14.4 Å². The highest BCUT2D eigenvalue weighted by molar-refractivity contribution is 7.89. The van der Waals surface area contributed by atoms with Gasteiger partial charge in [-0.05, 0) is 49.3 Å². The first kappa shape index (κ1) is 24.0. The van der Waals surface area contributed by atoms with E-state index in [1.54, 1.807) is 4.90 Å². The lowest BCUT2D eigenvalue weighted by atomic mass is 9.92. The minimum atomic E-state index is -3.94. The van der Waals surface area contributed by atoms with Crippen LogP contribution in [0.4, 0.5) is 0 Å². The second-order valence-corrected chi connectivity index (χ2v) is 10.6. The lowest BCUT2D eigenvalue weighted by Crippen LogP contribution is -2.44. The summed E-state index contributed by atoms with van der Waals surface area (Å²) in [4.78, 5) is 26.4. The van der Waals surface area contributed by atoms with Crippen molar-refractivity contribution in [1.82, 2.24) is 9.62 Å².